The molecule has 0 bridgehead atoms. The standard InChI is InChI=1S/C14H22N4O3/c1-10-8-16-18(9-10)7-6-15-13(21)17-11-4-3-5-14(11,2)12(19)20/h8-9,11H,3-7H2,1-2H3,(H,19,20)(H2,15,17,21). The number of nitrogens with one attached hydrogen (secondary N) is 2. The molecule has 21 heavy (non-hydrogen) atoms. The summed E-state index contributed by atoms with van der Waals surface area (Å²) in [5.74, 6) is -0.850. The van der Waals surface area contributed by atoms with Crippen molar-refractivity contribution in [3.05, 3.63) is 18.0 Å². The lowest BCUT2D eigenvalue weighted by Gasteiger charge is -2.27. The van der Waals surface area contributed by atoms with Crippen LogP contribution in [0, 0.1) is 12.3 Å². The number of aromatic nitrogens is 2. The Morgan fingerprint density at radius 2 is 2.33 bits per heavy atom. The van der Waals surface area contributed by atoms with Crippen molar-refractivity contribution in [3.8, 4) is 0 Å². The lowest BCUT2D eigenvalue weighted by Crippen LogP contribution is -2.50. The molecule has 2 rings (SSSR count). The molecule has 1 aromatic heterocycles. The topological polar surface area (TPSA) is 96.3 Å². The van der Waals surface area contributed by atoms with E-state index in [1.165, 1.54) is 0 Å². The number of nitrogens with zero attached hydrogens (tertiary/aromatic N) is 2. The Labute approximate surface area is 123 Å². The minimum absolute atomic E-state index is 0.318. The number of carboxylic acid groups (broad SMARTS) is 1. The maximum atomic E-state index is 11.9. The number of aliphatic carboxylic acids is 1. The molecule has 2 amide bonds. The van der Waals surface area contributed by atoms with Crippen LogP contribution in [0.3, 0.4) is 0 Å². The van der Waals surface area contributed by atoms with Crippen molar-refractivity contribution in [2.24, 2.45) is 5.41 Å². The molecule has 1 heterocycles. The normalized spacial score (nSPS) is 24.8. The van der Waals surface area contributed by atoms with Crippen molar-refractivity contribution >= 4 is 12.0 Å². The van der Waals surface area contributed by atoms with Crippen molar-refractivity contribution in [2.45, 2.75) is 45.7 Å². The zero-order valence-corrected chi connectivity index (χ0v) is 12.4. The van der Waals surface area contributed by atoms with Gasteiger partial charge in [0.25, 0.3) is 0 Å². The molecule has 1 saturated carbocycles. The number of hydrogen-bond donors (Lipinski definition) is 3. The molecule has 7 heteroatoms. The maximum absolute atomic E-state index is 11.9. The Morgan fingerprint density at radius 3 is 2.95 bits per heavy atom. The van der Waals surface area contributed by atoms with Crippen LogP contribution in [0.2, 0.25) is 0 Å². The fourth-order valence-electron chi connectivity index (χ4n) is 2.74. The third kappa shape index (κ3) is 3.53. The zero-order valence-electron chi connectivity index (χ0n) is 12.4. The molecule has 0 aliphatic heterocycles. The van der Waals surface area contributed by atoms with E-state index in [4.69, 9.17) is 0 Å². The molecule has 1 aliphatic rings. The largest absolute Gasteiger partial charge is 0.481 e. The Balaban J connectivity index is 1.78. The number of urea groups is 1. The molecule has 2 atom stereocenters. The maximum Gasteiger partial charge on any atom is 0.315 e. The van der Waals surface area contributed by atoms with Gasteiger partial charge in [0.2, 0.25) is 0 Å². The molecule has 0 aromatic carbocycles. The van der Waals surface area contributed by atoms with Gasteiger partial charge in [0, 0.05) is 18.8 Å². The number of carbonyl (C=O) groups excluding carboxylic acids is 1. The second kappa shape index (κ2) is 6.15. The highest BCUT2D eigenvalue weighted by Crippen LogP contribution is 2.38. The smallest absolute Gasteiger partial charge is 0.315 e. The van der Waals surface area contributed by atoms with E-state index in [2.05, 4.69) is 15.7 Å². The molecule has 3 N–H and O–H groups in total. The molecule has 116 valence electrons. The van der Waals surface area contributed by atoms with E-state index in [1.54, 1.807) is 17.8 Å². The summed E-state index contributed by atoms with van der Waals surface area (Å²) in [6.07, 6.45) is 5.78. The van der Waals surface area contributed by atoms with E-state index in [0.29, 0.717) is 25.9 Å². The molecule has 2 unspecified atom stereocenters. The minimum atomic E-state index is -0.865. The number of amides is 2. The summed E-state index contributed by atoms with van der Waals surface area (Å²) in [4.78, 5) is 23.2. The first-order chi connectivity index (χ1) is 9.91. The van der Waals surface area contributed by atoms with Crippen LogP contribution in [0.25, 0.3) is 0 Å². The van der Waals surface area contributed by atoms with E-state index < -0.39 is 11.4 Å². The van der Waals surface area contributed by atoms with Gasteiger partial charge in [0.15, 0.2) is 0 Å². The first-order valence-electron chi connectivity index (χ1n) is 7.18. The summed E-state index contributed by atoms with van der Waals surface area (Å²) in [5, 5.41) is 19.0. The van der Waals surface area contributed by atoms with E-state index in [-0.39, 0.29) is 12.1 Å². The van der Waals surface area contributed by atoms with Crippen LogP contribution in [0.4, 0.5) is 4.79 Å². The average molecular weight is 294 g/mol. The predicted molar refractivity (Wildman–Crippen MR) is 76.9 cm³/mol. The molecule has 7 nitrogen and oxygen atoms in total. The van der Waals surface area contributed by atoms with Crippen LogP contribution >= 0.6 is 0 Å². The van der Waals surface area contributed by atoms with Crippen molar-refractivity contribution in [3.63, 3.8) is 0 Å². The van der Waals surface area contributed by atoms with Gasteiger partial charge in [-0.15, -0.1) is 0 Å². The molecular weight excluding hydrogens is 272 g/mol. The van der Waals surface area contributed by atoms with Gasteiger partial charge in [-0.1, -0.05) is 6.42 Å². The second-order valence-corrected chi connectivity index (χ2v) is 5.85. The number of aryl methyl sites for hydroxylation is 1. The number of hydrogen-bond acceptors (Lipinski definition) is 3. The summed E-state index contributed by atoms with van der Waals surface area (Å²) in [7, 11) is 0. The highest BCUT2D eigenvalue weighted by atomic mass is 16.4. The minimum Gasteiger partial charge on any atom is -0.481 e. The van der Waals surface area contributed by atoms with E-state index in [0.717, 1.165) is 12.0 Å². The molecule has 0 radical (unpaired) electrons. The van der Waals surface area contributed by atoms with Gasteiger partial charge in [-0.05, 0) is 32.3 Å². The third-order valence-corrected chi connectivity index (χ3v) is 4.14. The summed E-state index contributed by atoms with van der Waals surface area (Å²) >= 11 is 0. The Hall–Kier alpha value is -2.05. The Morgan fingerprint density at radius 1 is 1.57 bits per heavy atom. The quantitative estimate of drug-likeness (QED) is 0.758. The predicted octanol–water partition coefficient (Wildman–Crippen LogP) is 1.13. The summed E-state index contributed by atoms with van der Waals surface area (Å²) in [6, 6.07) is -0.639. The lowest BCUT2D eigenvalue weighted by atomic mass is 9.85. The lowest BCUT2D eigenvalue weighted by molar-refractivity contribution is -0.148. The second-order valence-electron chi connectivity index (χ2n) is 5.85. The van der Waals surface area contributed by atoms with Crippen LogP contribution < -0.4 is 10.6 Å². The molecule has 1 fully saturated rings. The summed E-state index contributed by atoms with van der Waals surface area (Å²) in [5.41, 5.74) is 0.207. The van der Waals surface area contributed by atoms with E-state index >= 15 is 0 Å². The van der Waals surface area contributed by atoms with Crippen LogP contribution in [-0.4, -0.2) is 39.5 Å². The van der Waals surface area contributed by atoms with Gasteiger partial charge in [-0.3, -0.25) is 9.48 Å². The van der Waals surface area contributed by atoms with Gasteiger partial charge in [0.1, 0.15) is 0 Å². The van der Waals surface area contributed by atoms with Crippen molar-refractivity contribution in [2.75, 3.05) is 6.54 Å². The van der Waals surface area contributed by atoms with Gasteiger partial charge < -0.3 is 15.7 Å². The number of carboxylic acids is 1. The fourth-order valence-corrected chi connectivity index (χ4v) is 2.74. The molecule has 0 spiro atoms. The van der Waals surface area contributed by atoms with E-state index in [9.17, 15) is 14.7 Å². The summed E-state index contributed by atoms with van der Waals surface area (Å²) in [6.45, 7) is 4.68. The average Bonchev–Trinajstić information content (AvgIpc) is 2.98. The fraction of sp³-hybridized carbons (Fsp3) is 0.643. The molecule has 0 saturated heterocycles. The van der Waals surface area contributed by atoms with Crippen molar-refractivity contribution in [1.29, 1.82) is 0 Å². The number of rotatable bonds is 5. The first kappa shape index (κ1) is 15.3. The highest BCUT2D eigenvalue weighted by Gasteiger charge is 2.45. The van der Waals surface area contributed by atoms with Gasteiger partial charge in [0.05, 0.1) is 18.2 Å². The first-order valence-corrected chi connectivity index (χ1v) is 7.18. The van der Waals surface area contributed by atoms with Crippen LogP contribution in [0.15, 0.2) is 12.4 Å². The Bertz CT molecular complexity index is 528. The van der Waals surface area contributed by atoms with Gasteiger partial charge >= 0.3 is 12.0 Å². The van der Waals surface area contributed by atoms with Crippen LogP contribution in [0.5, 0.6) is 0 Å². The molecule has 1 aliphatic carbocycles. The number of carbonyl (C=O) groups is 2. The van der Waals surface area contributed by atoms with Crippen molar-refractivity contribution in [1.82, 2.24) is 20.4 Å². The van der Waals surface area contributed by atoms with Gasteiger partial charge in [-0.25, -0.2) is 4.79 Å². The van der Waals surface area contributed by atoms with E-state index in [1.807, 2.05) is 13.1 Å². The van der Waals surface area contributed by atoms with Crippen LogP contribution in [-0.2, 0) is 11.3 Å². The van der Waals surface area contributed by atoms with Crippen LogP contribution in [0.1, 0.15) is 31.7 Å². The Kier molecular flexibility index (Phi) is 4.50. The van der Waals surface area contributed by atoms with Crippen molar-refractivity contribution < 1.29 is 14.7 Å². The molecule has 1 aromatic rings. The third-order valence-electron chi connectivity index (χ3n) is 4.14. The van der Waals surface area contributed by atoms with Gasteiger partial charge in [-0.2, -0.15) is 5.10 Å². The SMILES string of the molecule is Cc1cnn(CCNC(=O)NC2CCCC2(C)C(=O)O)c1. The highest BCUT2D eigenvalue weighted by molar-refractivity contribution is 5.79. The molecular formula is C14H22N4O3. The zero-order chi connectivity index (χ0) is 15.5. The monoisotopic (exact) mass is 294 g/mol. The summed E-state index contributed by atoms with van der Waals surface area (Å²) < 4.78 is 1.76.